The molecule has 6 nitrogen and oxygen atoms in total. The molecule has 10 heteroatoms. The van der Waals surface area contributed by atoms with Crippen LogP contribution in [0.3, 0.4) is 0 Å². The number of nitrogens with one attached hydrogen (secondary N) is 1. The van der Waals surface area contributed by atoms with E-state index in [1.807, 2.05) is 13.8 Å². The number of halogens is 2. The van der Waals surface area contributed by atoms with Gasteiger partial charge in [-0.25, -0.2) is 9.97 Å². The van der Waals surface area contributed by atoms with Crippen molar-refractivity contribution < 1.29 is 18.3 Å². The molecule has 29 heavy (non-hydrogen) atoms. The van der Waals surface area contributed by atoms with Gasteiger partial charge in [0.25, 0.3) is 0 Å². The largest absolute Gasteiger partial charge is 0.435 e. The zero-order valence-electron chi connectivity index (χ0n) is 15.9. The number of nitrogens with two attached hydrogens (primary N) is 1. The maximum atomic E-state index is 12.1. The first-order chi connectivity index (χ1) is 13.8. The van der Waals surface area contributed by atoms with Crippen molar-refractivity contribution in [1.29, 1.82) is 0 Å². The van der Waals surface area contributed by atoms with Gasteiger partial charge in [-0.2, -0.15) is 8.78 Å². The van der Waals surface area contributed by atoms with Crippen molar-refractivity contribution in [2.45, 2.75) is 32.0 Å². The molecule has 1 amide bonds. The van der Waals surface area contributed by atoms with E-state index in [1.165, 1.54) is 23.9 Å². The second-order valence-corrected chi connectivity index (χ2v) is 8.41. The Morgan fingerprint density at radius 2 is 2.00 bits per heavy atom. The van der Waals surface area contributed by atoms with Crippen LogP contribution in [0.2, 0.25) is 0 Å². The number of amides is 1. The third kappa shape index (κ3) is 5.54. The van der Waals surface area contributed by atoms with E-state index in [2.05, 4.69) is 20.0 Å². The summed E-state index contributed by atoms with van der Waals surface area (Å²) in [4.78, 5) is 22.8. The highest BCUT2D eigenvalue weighted by Gasteiger charge is 2.14. The zero-order valence-corrected chi connectivity index (χ0v) is 17.5. The number of nitrogen functional groups attached to an aromatic ring is 1. The Bertz CT molecular complexity index is 1010. The number of nitrogens with zero attached hydrogens (tertiary/aromatic N) is 2. The Morgan fingerprint density at radius 3 is 2.69 bits per heavy atom. The van der Waals surface area contributed by atoms with E-state index in [0.29, 0.717) is 23.9 Å². The molecule has 3 aromatic rings. The van der Waals surface area contributed by atoms with E-state index >= 15 is 0 Å². The number of hydrogen-bond donors (Lipinski definition) is 2. The van der Waals surface area contributed by atoms with E-state index in [0.717, 1.165) is 26.2 Å². The summed E-state index contributed by atoms with van der Waals surface area (Å²) in [6.45, 7) is 1.60. The number of fused-ring (bicyclic) bond motifs is 1. The highest BCUT2D eigenvalue weighted by molar-refractivity contribution is 7.99. The first-order valence-corrected chi connectivity index (χ1v) is 10.6. The monoisotopic (exact) mass is 438 g/mol. The van der Waals surface area contributed by atoms with Crippen LogP contribution in [0.5, 0.6) is 5.75 Å². The molecular weight excluding hydrogens is 418 g/mol. The Labute approximate surface area is 174 Å². The van der Waals surface area contributed by atoms with Crippen LogP contribution in [0.4, 0.5) is 14.6 Å². The number of anilines is 1. The number of alkyl halides is 2. The number of thioether (sulfide) groups is 1. The van der Waals surface area contributed by atoms with Gasteiger partial charge in [-0.15, -0.1) is 11.3 Å². The van der Waals surface area contributed by atoms with Crippen LogP contribution in [-0.2, 0) is 11.2 Å². The number of thiophene rings is 1. The summed E-state index contributed by atoms with van der Waals surface area (Å²) in [6.07, 6.45) is 0.578. The van der Waals surface area contributed by atoms with Gasteiger partial charge in [0.05, 0.1) is 11.1 Å². The third-order valence-electron chi connectivity index (χ3n) is 4.25. The number of ether oxygens (including phenoxy) is 1. The van der Waals surface area contributed by atoms with E-state index < -0.39 is 6.61 Å². The number of aromatic nitrogens is 2. The summed E-state index contributed by atoms with van der Waals surface area (Å²) in [6, 6.07) is 6.33. The molecule has 3 N–H and O–H groups in total. The van der Waals surface area contributed by atoms with Gasteiger partial charge in [-0.05, 0) is 43.5 Å². The first kappa shape index (κ1) is 21.3. The molecule has 0 saturated carbocycles. The molecule has 0 bridgehead atoms. The fourth-order valence-electron chi connectivity index (χ4n) is 2.69. The molecule has 1 aromatic carbocycles. The number of hydrogen-bond acceptors (Lipinski definition) is 7. The van der Waals surface area contributed by atoms with Crippen molar-refractivity contribution in [3.05, 3.63) is 40.3 Å². The highest BCUT2D eigenvalue weighted by Crippen LogP contribution is 2.33. The molecule has 2 aromatic heterocycles. The fourth-order valence-corrected chi connectivity index (χ4v) is 4.47. The van der Waals surface area contributed by atoms with Gasteiger partial charge in [0.15, 0.2) is 5.16 Å². The smallest absolute Gasteiger partial charge is 0.387 e. The standard InChI is InChI=1S/C19H20F2N4O2S2/c1-10-11(2)29-17-15(10)16(22)24-19(25-17)28-9-14(26)23-8-7-12-3-5-13(6-4-12)27-18(20)21/h3-6,18H,7-9H2,1-2H3,(H,23,26)(H2,22,24,25). The quantitative estimate of drug-likeness (QED) is 0.409. The summed E-state index contributed by atoms with van der Waals surface area (Å²) in [5, 5.41) is 4.17. The van der Waals surface area contributed by atoms with Crippen molar-refractivity contribution in [3.63, 3.8) is 0 Å². The lowest BCUT2D eigenvalue weighted by Crippen LogP contribution is -2.27. The molecule has 0 radical (unpaired) electrons. The second-order valence-electron chi connectivity index (χ2n) is 6.27. The van der Waals surface area contributed by atoms with Gasteiger partial charge in [-0.3, -0.25) is 4.79 Å². The molecule has 0 unspecified atom stereocenters. The summed E-state index contributed by atoms with van der Waals surface area (Å²) >= 11 is 2.79. The number of benzene rings is 1. The third-order valence-corrected chi connectivity index (χ3v) is 6.20. The summed E-state index contributed by atoms with van der Waals surface area (Å²) < 4.78 is 28.6. The lowest BCUT2D eigenvalue weighted by Gasteiger charge is -2.07. The van der Waals surface area contributed by atoms with Crippen LogP contribution in [0, 0.1) is 13.8 Å². The molecule has 0 saturated heterocycles. The molecule has 0 aliphatic carbocycles. The summed E-state index contributed by atoms with van der Waals surface area (Å²) in [7, 11) is 0. The molecule has 0 aliphatic heterocycles. The number of rotatable bonds is 8. The average Bonchev–Trinajstić information content (AvgIpc) is 2.95. The van der Waals surface area contributed by atoms with Gasteiger partial charge in [-0.1, -0.05) is 23.9 Å². The molecule has 0 spiro atoms. The van der Waals surface area contributed by atoms with Crippen LogP contribution in [-0.4, -0.2) is 34.8 Å². The van der Waals surface area contributed by atoms with Crippen molar-refractivity contribution in [3.8, 4) is 5.75 Å². The molecule has 0 fully saturated rings. The summed E-state index contributed by atoms with van der Waals surface area (Å²) in [5.41, 5.74) is 8.05. The van der Waals surface area contributed by atoms with Crippen LogP contribution in [0.1, 0.15) is 16.0 Å². The SMILES string of the molecule is Cc1sc2nc(SCC(=O)NCCc3ccc(OC(F)F)cc3)nc(N)c2c1C. The lowest BCUT2D eigenvalue weighted by atomic mass is 10.1. The van der Waals surface area contributed by atoms with Gasteiger partial charge in [0.2, 0.25) is 5.91 Å². The number of aryl methyl sites for hydroxylation is 2. The maximum Gasteiger partial charge on any atom is 0.387 e. The van der Waals surface area contributed by atoms with E-state index in [1.54, 1.807) is 23.5 Å². The van der Waals surface area contributed by atoms with Crippen molar-refractivity contribution >= 4 is 45.0 Å². The molecule has 154 valence electrons. The minimum atomic E-state index is -2.84. The van der Waals surface area contributed by atoms with E-state index in [-0.39, 0.29) is 17.4 Å². The van der Waals surface area contributed by atoms with Gasteiger partial charge < -0.3 is 15.8 Å². The predicted molar refractivity (Wildman–Crippen MR) is 112 cm³/mol. The zero-order chi connectivity index (χ0) is 21.0. The van der Waals surface area contributed by atoms with Crippen LogP contribution in [0.15, 0.2) is 29.4 Å². The fraction of sp³-hybridized carbons (Fsp3) is 0.316. The van der Waals surface area contributed by atoms with Crippen LogP contribution < -0.4 is 15.8 Å². The van der Waals surface area contributed by atoms with Crippen molar-refractivity contribution in [2.75, 3.05) is 18.0 Å². The Balaban J connectivity index is 1.47. The van der Waals surface area contributed by atoms with Crippen LogP contribution >= 0.6 is 23.1 Å². The Morgan fingerprint density at radius 1 is 1.28 bits per heavy atom. The maximum absolute atomic E-state index is 12.1. The topological polar surface area (TPSA) is 90.1 Å². The van der Waals surface area contributed by atoms with Crippen LogP contribution in [0.25, 0.3) is 10.2 Å². The van der Waals surface area contributed by atoms with E-state index in [4.69, 9.17) is 5.73 Å². The lowest BCUT2D eigenvalue weighted by molar-refractivity contribution is -0.118. The minimum Gasteiger partial charge on any atom is -0.435 e. The van der Waals surface area contributed by atoms with Gasteiger partial charge in [0, 0.05) is 11.4 Å². The Kier molecular flexibility index (Phi) is 6.86. The predicted octanol–water partition coefficient (Wildman–Crippen LogP) is 3.94. The number of carbonyl (C=O) groups excluding carboxylic acids is 1. The highest BCUT2D eigenvalue weighted by atomic mass is 32.2. The minimum absolute atomic E-state index is 0.108. The normalized spacial score (nSPS) is 11.2. The van der Waals surface area contributed by atoms with E-state index in [9.17, 15) is 13.6 Å². The van der Waals surface area contributed by atoms with Gasteiger partial charge in [0.1, 0.15) is 16.4 Å². The molecule has 0 atom stereocenters. The second kappa shape index (κ2) is 9.36. The van der Waals surface area contributed by atoms with Crippen molar-refractivity contribution in [1.82, 2.24) is 15.3 Å². The number of carbonyl (C=O) groups is 1. The summed E-state index contributed by atoms with van der Waals surface area (Å²) in [5.74, 6) is 0.569. The van der Waals surface area contributed by atoms with Gasteiger partial charge >= 0.3 is 6.61 Å². The molecular formula is C19H20F2N4O2S2. The molecule has 2 heterocycles. The average molecular weight is 439 g/mol. The first-order valence-electron chi connectivity index (χ1n) is 8.80. The molecule has 3 rings (SSSR count). The Hall–Kier alpha value is -2.46. The molecule has 0 aliphatic rings. The van der Waals surface area contributed by atoms with Crippen molar-refractivity contribution in [2.24, 2.45) is 0 Å².